The van der Waals surface area contributed by atoms with Crippen molar-refractivity contribution in [1.29, 1.82) is 0 Å². The molecule has 3 rings (SSSR count). The van der Waals surface area contributed by atoms with Gasteiger partial charge in [-0.25, -0.2) is 0 Å². The molecule has 0 unspecified atom stereocenters. The topological polar surface area (TPSA) is 118 Å². The number of hydrogen-bond donors (Lipinski definition) is 4. The SMILES string of the molecule is COCCOCCOc1ccc(Cc2cc([C@H]3O[C@H](CO)[C@@H](O)[C@H](O)[C@H]3O)ccc2Cl)cc1. The first-order valence-electron chi connectivity index (χ1n) is 10.8. The van der Waals surface area contributed by atoms with Crippen LogP contribution in [0.2, 0.25) is 5.02 Å². The Hall–Kier alpha value is -1.75. The number of aliphatic hydroxyl groups is 4. The van der Waals surface area contributed by atoms with Crippen LogP contribution in [0.4, 0.5) is 0 Å². The summed E-state index contributed by atoms with van der Waals surface area (Å²) in [5.74, 6) is 0.732. The van der Waals surface area contributed by atoms with Crippen molar-refractivity contribution in [1.82, 2.24) is 0 Å². The van der Waals surface area contributed by atoms with E-state index < -0.39 is 37.1 Å². The highest BCUT2D eigenvalue weighted by molar-refractivity contribution is 6.31. The lowest BCUT2D eigenvalue weighted by Gasteiger charge is -2.40. The molecule has 2 aromatic rings. The van der Waals surface area contributed by atoms with E-state index in [1.807, 2.05) is 24.3 Å². The molecule has 33 heavy (non-hydrogen) atoms. The van der Waals surface area contributed by atoms with Crippen LogP contribution in [0.15, 0.2) is 42.5 Å². The van der Waals surface area contributed by atoms with Gasteiger partial charge in [0.25, 0.3) is 0 Å². The summed E-state index contributed by atoms with van der Waals surface area (Å²) in [7, 11) is 1.63. The second-order valence-corrected chi connectivity index (χ2v) is 8.28. The predicted octanol–water partition coefficient (Wildman–Crippen LogP) is 1.49. The van der Waals surface area contributed by atoms with Crippen molar-refractivity contribution in [2.24, 2.45) is 0 Å². The minimum absolute atomic E-state index is 0.441. The largest absolute Gasteiger partial charge is 0.491 e. The van der Waals surface area contributed by atoms with Gasteiger partial charge >= 0.3 is 0 Å². The Morgan fingerprint density at radius 2 is 1.64 bits per heavy atom. The molecule has 0 bridgehead atoms. The molecule has 0 aliphatic carbocycles. The first-order chi connectivity index (χ1) is 15.9. The van der Waals surface area contributed by atoms with Crippen molar-refractivity contribution >= 4 is 11.6 Å². The second-order valence-electron chi connectivity index (χ2n) is 7.87. The molecule has 0 amide bonds. The lowest BCUT2D eigenvalue weighted by molar-refractivity contribution is -0.231. The zero-order chi connectivity index (χ0) is 23.8. The molecule has 1 fully saturated rings. The number of ether oxygens (including phenoxy) is 4. The smallest absolute Gasteiger partial charge is 0.119 e. The van der Waals surface area contributed by atoms with E-state index in [0.29, 0.717) is 43.4 Å². The van der Waals surface area contributed by atoms with Crippen molar-refractivity contribution in [3.05, 3.63) is 64.2 Å². The highest BCUT2D eigenvalue weighted by Crippen LogP contribution is 2.34. The van der Waals surface area contributed by atoms with E-state index in [0.717, 1.165) is 16.9 Å². The summed E-state index contributed by atoms with van der Waals surface area (Å²) in [6, 6.07) is 12.8. The summed E-state index contributed by atoms with van der Waals surface area (Å²) in [6.45, 7) is 1.52. The molecule has 8 nitrogen and oxygen atoms in total. The van der Waals surface area contributed by atoms with Gasteiger partial charge in [-0.1, -0.05) is 35.9 Å². The first-order valence-corrected chi connectivity index (χ1v) is 11.2. The van der Waals surface area contributed by atoms with Crippen molar-refractivity contribution in [3.8, 4) is 5.75 Å². The standard InChI is InChI=1S/C24H31ClO8/c1-30-8-9-31-10-11-32-18-5-2-15(3-6-18)12-17-13-16(4-7-19(17)25)24-23(29)22(28)21(27)20(14-26)33-24/h2-7,13,20-24,26-29H,8-12,14H2,1H3/t20-,21-,22+,23-,24-/m1/s1. The zero-order valence-electron chi connectivity index (χ0n) is 18.5. The molecule has 0 spiro atoms. The van der Waals surface area contributed by atoms with E-state index >= 15 is 0 Å². The van der Waals surface area contributed by atoms with Gasteiger partial charge in [0.1, 0.15) is 42.9 Å². The Morgan fingerprint density at radius 1 is 0.909 bits per heavy atom. The summed E-state index contributed by atoms with van der Waals surface area (Å²) in [4.78, 5) is 0. The molecule has 2 aromatic carbocycles. The highest BCUT2D eigenvalue weighted by Gasteiger charge is 2.44. The summed E-state index contributed by atoms with van der Waals surface area (Å²) in [5, 5.41) is 40.5. The second kappa shape index (κ2) is 12.6. The lowest BCUT2D eigenvalue weighted by atomic mass is 9.90. The molecule has 0 aromatic heterocycles. The Bertz CT molecular complexity index is 860. The monoisotopic (exact) mass is 482 g/mol. The fourth-order valence-electron chi connectivity index (χ4n) is 3.67. The summed E-state index contributed by atoms with van der Waals surface area (Å²) >= 11 is 6.40. The maximum Gasteiger partial charge on any atom is 0.119 e. The van der Waals surface area contributed by atoms with Crippen molar-refractivity contribution < 1.29 is 39.4 Å². The van der Waals surface area contributed by atoms with Gasteiger partial charge in [0.05, 0.1) is 26.4 Å². The fraction of sp³-hybridized carbons (Fsp3) is 0.500. The molecule has 1 aliphatic heterocycles. The van der Waals surface area contributed by atoms with Gasteiger partial charge in [0, 0.05) is 12.1 Å². The van der Waals surface area contributed by atoms with E-state index in [1.54, 1.807) is 25.3 Å². The molecule has 1 saturated heterocycles. The average Bonchev–Trinajstić information content (AvgIpc) is 2.82. The number of benzene rings is 2. The molecule has 1 heterocycles. The fourth-order valence-corrected chi connectivity index (χ4v) is 3.85. The van der Waals surface area contributed by atoms with Crippen molar-refractivity contribution in [2.75, 3.05) is 40.1 Å². The molecular formula is C24H31ClO8. The average molecular weight is 483 g/mol. The van der Waals surface area contributed by atoms with Crippen LogP contribution in [0.3, 0.4) is 0 Å². The number of methoxy groups -OCH3 is 1. The Kier molecular flexibility index (Phi) is 9.91. The maximum atomic E-state index is 10.4. The van der Waals surface area contributed by atoms with Crippen LogP contribution in [0.1, 0.15) is 22.8 Å². The van der Waals surface area contributed by atoms with Gasteiger partial charge in [-0.05, 0) is 41.3 Å². The van der Waals surface area contributed by atoms with E-state index in [2.05, 4.69) is 0 Å². The molecule has 182 valence electrons. The van der Waals surface area contributed by atoms with Crippen LogP contribution < -0.4 is 4.74 Å². The van der Waals surface area contributed by atoms with Crippen LogP contribution in [-0.2, 0) is 20.6 Å². The summed E-state index contributed by atoms with van der Waals surface area (Å²) in [6.07, 6.45) is -5.51. The summed E-state index contributed by atoms with van der Waals surface area (Å²) < 4.78 is 21.6. The third-order valence-electron chi connectivity index (χ3n) is 5.54. The van der Waals surface area contributed by atoms with Crippen LogP contribution in [0.5, 0.6) is 5.75 Å². The number of aliphatic hydroxyl groups excluding tert-OH is 4. The first kappa shape index (κ1) is 25.9. The van der Waals surface area contributed by atoms with E-state index in [1.165, 1.54) is 0 Å². The zero-order valence-corrected chi connectivity index (χ0v) is 19.2. The third-order valence-corrected chi connectivity index (χ3v) is 5.91. The quantitative estimate of drug-likeness (QED) is 0.356. The highest BCUT2D eigenvalue weighted by atomic mass is 35.5. The van der Waals surface area contributed by atoms with Gasteiger partial charge in [-0.2, -0.15) is 0 Å². The van der Waals surface area contributed by atoms with E-state index in [-0.39, 0.29) is 0 Å². The van der Waals surface area contributed by atoms with Crippen molar-refractivity contribution in [2.45, 2.75) is 36.9 Å². The number of rotatable bonds is 11. The Labute approximate surface area is 198 Å². The molecule has 0 radical (unpaired) electrons. The van der Waals surface area contributed by atoms with E-state index in [4.69, 9.17) is 30.5 Å². The Balaban J connectivity index is 1.63. The van der Waals surface area contributed by atoms with Gasteiger partial charge in [-0.3, -0.25) is 0 Å². The van der Waals surface area contributed by atoms with Crippen LogP contribution in [0, 0.1) is 0 Å². The molecule has 0 saturated carbocycles. The molecule has 4 N–H and O–H groups in total. The minimum atomic E-state index is -1.43. The number of hydrogen-bond acceptors (Lipinski definition) is 8. The van der Waals surface area contributed by atoms with Gasteiger partial charge in [0.15, 0.2) is 0 Å². The van der Waals surface area contributed by atoms with Gasteiger partial charge < -0.3 is 39.4 Å². The van der Waals surface area contributed by atoms with Crippen LogP contribution in [0.25, 0.3) is 0 Å². The predicted molar refractivity (Wildman–Crippen MR) is 122 cm³/mol. The molecule has 5 atom stereocenters. The van der Waals surface area contributed by atoms with Gasteiger partial charge in [-0.15, -0.1) is 0 Å². The Morgan fingerprint density at radius 3 is 2.33 bits per heavy atom. The van der Waals surface area contributed by atoms with E-state index in [9.17, 15) is 20.4 Å². The lowest BCUT2D eigenvalue weighted by Crippen LogP contribution is -2.55. The third kappa shape index (κ3) is 6.88. The van der Waals surface area contributed by atoms with Crippen molar-refractivity contribution in [3.63, 3.8) is 0 Å². The summed E-state index contributed by atoms with van der Waals surface area (Å²) in [5.41, 5.74) is 2.41. The minimum Gasteiger partial charge on any atom is -0.491 e. The number of halogens is 1. The van der Waals surface area contributed by atoms with Crippen LogP contribution in [-0.4, -0.2) is 85.0 Å². The normalized spacial score (nSPS) is 25.2. The molecule has 9 heteroatoms. The molecular weight excluding hydrogens is 452 g/mol. The molecule has 1 aliphatic rings. The maximum absolute atomic E-state index is 10.4. The van der Waals surface area contributed by atoms with Gasteiger partial charge in [0.2, 0.25) is 0 Å². The van der Waals surface area contributed by atoms with Crippen LogP contribution >= 0.6 is 11.6 Å².